The fourth-order valence-corrected chi connectivity index (χ4v) is 2.94. The molecule has 2 saturated heterocycles. The Morgan fingerprint density at radius 1 is 1.38 bits per heavy atom. The molecule has 2 fully saturated rings. The molecule has 0 saturated carbocycles. The number of amides is 3. The number of hydrogen-bond acceptors (Lipinski definition) is 8. The van der Waals surface area contributed by atoms with Gasteiger partial charge in [0.05, 0.1) is 19.8 Å². The van der Waals surface area contributed by atoms with Crippen LogP contribution in [-0.4, -0.2) is 74.9 Å². The van der Waals surface area contributed by atoms with E-state index in [1.54, 1.807) is 6.92 Å². The van der Waals surface area contributed by atoms with Crippen molar-refractivity contribution in [1.82, 2.24) is 35.9 Å². The van der Waals surface area contributed by atoms with Gasteiger partial charge in [0.25, 0.3) is 5.91 Å². The van der Waals surface area contributed by atoms with Gasteiger partial charge < -0.3 is 15.0 Å². The summed E-state index contributed by atoms with van der Waals surface area (Å²) in [4.78, 5) is 43.2. The number of ether oxygens (including phenoxy) is 1. The molecule has 0 aliphatic carbocycles. The summed E-state index contributed by atoms with van der Waals surface area (Å²) in [6, 6.07) is -0.599. The lowest BCUT2D eigenvalue weighted by Gasteiger charge is -2.29. The van der Waals surface area contributed by atoms with Gasteiger partial charge in [0.1, 0.15) is 12.5 Å². The Labute approximate surface area is 149 Å². The van der Waals surface area contributed by atoms with Crippen molar-refractivity contribution in [2.24, 2.45) is 0 Å². The lowest BCUT2D eigenvalue weighted by atomic mass is 10.0. The van der Waals surface area contributed by atoms with Crippen molar-refractivity contribution in [2.75, 3.05) is 19.8 Å². The van der Waals surface area contributed by atoms with E-state index in [-0.39, 0.29) is 43.4 Å². The molecule has 12 heteroatoms. The van der Waals surface area contributed by atoms with Gasteiger partial charge in [-0.2, -0.15) is 4.80 Å². The molecule has 2 atom stereocenters. The second-order valence-corrected chi connectivity index (χ2v) is 5.99. The third-order valence-corrected chi connectivity index (χ3v) is 4.14. The van der Waals surface area contributed by atoms with Crippen LogP contribution in [0.5, 0.6) is 0 Å². The van der Waals surface area contributed by atoms with Crippen LogP contribution >= 0.6 is 0 Å². The number of carbonyl (C=O) groups is 3. The Bertz CT molecular complexity index is 678. The van der Waals surface area contributed by atoms with E-state index in [2.05, 4.69) is 26.2 Å². The first-order valence-corrected chi connectivity index (χ1v) is 8.48. The van der Waals surface area contributed by atoms with Crippen LogP contribution in [0.15, 0.2) is 0 Å². The monoisotopic (exact) mass is 367 g/mol. The van der Waals surface area contributed by atoms with Gasteiger partial charge in [0.15, 0.2) is 5.82 Å². The molecule has 1 aromatic heterocycles. The standard InChI is InChI=1S/C14H21N7O5/c1-2-25-12(22)7-11-16-19-21(17-11)5-6-26-18-13(23)10-4-3-9-8-20(10)14(24)15-9/h9-10H,2-8H2,1H3,(H,15,24)(H,18,23)/t9-,10+/m1/s1. The molecular weight excluding hydrogens is 346 g/mol. The summed E-state index contributed by atoms with van der Waals surface area (Å²) in [5.41, 5.74) is 2.36. The van der Waals surface area contributed by atoms with E-state index >= 15 is 0 Å². The molecule has 1 aromatic rings. The molecule has 3 heterocycles. The Hall–Kier alpha value is -2.76. The molecule has 0 spiro atoms. The van der Waals surface area contributed by atoms with Gasteiger partial charge >= 0.3 is 12.0 Å². The van der Waals surface area contributed by atoms with Crippen LogP contribution in [-0.2, 0) is 32.1 Å². The predicted octanol–water partition coefficient (Wildman–Crippen LogP) is -1.62. The molecule has 142 valence electrons. The maximum absolute atomic E-state index is 12.2. The first-order valence-electron chi connectivity index (χ1n) is 8.48. The van der Waals surface area contributed by atoms with Crippen LogP contribution in [0.1, 0.15) is 25.6 Å². The minimum absolute atomic E-state index is 0.0496. The van der Waals surface area contributed by atoms with Gasteiger partial charge in [-0.15, -0.1) is 10.2 Å². The summed E-state index contributed by atoms with van der Waals surface area (Å²) < 4.78 is 4.81. The molecule has 2 N–H and O–H groups in total. The quantitative estimate of drug-likeness (QED) is 0.317. The summed E-state index contributed by atoms with van der Waals surface area (Å²) >= 11 is 0. The Morgan fingerprint density at radius 2 is 2.23 bits per heavy atom. The molecular formula is C14H21N7O5. The van der Waals surface area contributed by atoms with Gasteiger partial charge in [-0.25, -0.2) is 10.3 Å². The minimum Gasteiger partial charge on any atom is -0.466 e. The van der Waals surface area contributed by atoms with E-state index in [1.807, 2.05) is 0 Å². The molecule has 3 rings (SSSR count). The normalized spacial score (nSPS) is 21.4. The van der Waals surface area contributed by atoms with Crippen molar-refractivity contribution in [3.8, 4) is 0 Å². The van der Waals surface area contributed by atoms with Gasteiger partial charge in [-0.3, -0.25) is 14.4 Å². The SMILES string of the molecule is CCOC(=O)Cc1nnn(CCONC(=O)[C@@H]2CC[C@@H]3CN2C(=O)N3)n1. The van der Waals surface area contributed by atoms with Gasteiger partial charge in [0, 0.05) is 12.6 Å². The van der Waals surface area contributed by atoms with Crippen molar-refractivity contribution in [3.05, 3.63) is 5.82 Å². The zero-order valence-corrected chi connectivity index (χ0v) is 14.4. The number of carbonyl (C=O) groups excluding carboxylic acids is 3. The third kappa shape index (κ3) is 4.25. The lowest BCUT2D eigenvalue weighted by molar-refractivity contribution is -0.142. The molecule has 2 aliphatic heterocycles. The van der Waals surface area contributed by atoms with Crippen LogP contribution in [0.2, 0.25) is 0 Å². The van der Waals surface area contributed by atoms with Crippen LogP contribution in [0, 0.1) is 0 Å². The van der Waals surface area contributed by atoms with Crippen LogP contribution < -0.4 is 10.8 Å². The molecule has 3 amide bonds. The second-order valence-electron chi connectivity index (χ2n) is 5.99. The highest BCUT2D eigenvalue weighted by Gasteiger charge is 2.41. The maximum Gasteiger partial charge on any atom is 0.318 e. The Kier molecular flexibility index (Phi) is 5.61. The van der Waals surface area contributed by atoms with E-state index in [4.69, 9.17) is 9.57 Å². The summed E-state index contributed by atoms with van der Waals surface area (Å²) in [6.45, 7) is 2.91. The van der Waals surface area contributed by atoms with Gasteiger partial charge in [-0.05, 0) is 25.0 Å². The molecule has 0 unspecified atom stereocenters. The highest BCUT2D eigenvalue weighted by atomic mass is 16.7. The number of nitrogens with one attached hydrogen (secondary N) is 2. The number of fused-ring (bicyclic) bond motifs is 2. The summed E-state index contributed by atoms with van der Waals surface area (Å²) in [7, 11) is 0. The van der Waals surface area contributed by atoms with E-state index < -0.39 is 12.0 Å². The zero-order chi connectivity index (χ0) is 18.5. The van der Waals surface area contributed by atoms with E-state index in [0.717, 1.165) is 6.42 Å². The average Bonchev–Trinajstić information content (AvgIpc) is 3.16. The molecule has 26 heavy (non-hydrogen) atoms. The van der Waals surface area contributed by atoms with Gasteiger partial charge in [-0.1, -0.05) is 0 Å². The fraction of sp³-hybridized carbons (Fsp3) is 0.714. The highest BCUT2D eigenvalue weighted by Crippen LogP contribution is 2.22. The topological polar surface area (TPSA) is 141 Å². The maximum atomic E-state index is 12.2. The third-order valence-electron chi connectivity index (χ3n) is 4.14. The number of hydrogen-bond donors (Lipinski definition) is 2. The molecule has 2 bridgehead atoms. The van der Waals surface area contributed by atoms with Crippen molar-refractivity contribution in [1.29, 1.82) is 0 Å². The number of tetrazole rings is 1. The first-order chi connectivity index (χ1) is 12.6. The number of aromatic nitrogens is 4. The number of urea groups is 1. The number of rotatable bonds is 8. The smallest absolute Gasteiger partial charge is 0.318 e. The minimum atomic E-state index is -0.519. The molecule has 0 radical (unpaired) electrons. The zero-order valence-electron chi connectivity index (χ0n) is 14.4. The van der Waals surface area contributed by atoms with Crippen molar-refractivity contribution in [3.63, 3.8) is 0 Å². The largest absolute Gasteiger partial charge is 0.466 e. The van der Waals surface area contributed by atoms with Crippen molar-refractivity contribution >= 4 is 17.9 Å². The fourth-order valence-electron chi connectivity index (χ4n) is 2.94. The molecule has 2 aliphatic rings. The predicted molar refractivity (Wildman–Crippen MR) is 84.3 cm³/mol. The second kappa shape index (κ2) is 8.08. The van der Waals surface area contributed by atoms with E-state index in [0.29, 0.717) is 19.6 Å². The number of esters is 1. The lowest BCUT2D eigenvalue weighted by Crippen LogP contribution is -2.49. The Morgan fingerprint density at radius 3 is 3.04 bits per heavy atom. The van der Waals surface area contributed by atoms with Crippen LogP contribution in [0.4, 0.5) is 4.79 Å². The van der Waals surface area contributed by atoms with Gasteiger partial charge in [0.2, 0.25) is 0 Å². The summed E-state index contributed by atoms with van der Waals surface area (Å²) in [5.74, 6) is -0.518. The van der Waals surface area contributed by atoms with E-state index in [9.17, 15) is 14.4 Å². The molecule has 12 nitrogen and oxygen atoms in total. The highest BCUT2D eigenvalue weighted by molar-refractivity contribution is 5.88. The van der Waals surface area contributed by atoms with Crippen molar-refractivity contribution < 1.29 is 24.0 Å². The number of piperidine rings is 1. The van der Waals surface area contributed by atoms with Crippen LogP contribution in [0.3, 0.4) is 0 Å². The Balaban J connectivity index is 1.37. The first kappa shape index (κ1) is 18.0. The van der Waals surface area contributed by atoms with Crippen molar-refractivity contribution in [2.45, 2.75) is 44.8 Å². The average molecular weight is 367 g/mol. The van der Waals surface area contributed by atoms with E-state index in [1.165, 1.54) is 9.70 Å². The number of nitrogens with zero attached hydrogens (tertiary/aromatic N) is 5. The summed E-state index contributed by atoms with van der Waals surface area (Å²) in [5, 5.41) is 14.4. The summed E-state index contributed by atoms with van der Waals surface area (Å²) in [6.07, 6.45) is 1.32. The van der Waals surface area contributed by atoms with Crippen LogP contribution in [0.25, 0.3) is 0 Å². The number of hydroxylamine groups is 1. The molecule has 0 aromatic carbocycles.